The maximum Gasteiger partial charge on any atom is 0.287 e. The molecule has 5 nitrogen and oxygen atoms in total. The van der Waals surface area contributed by atoms with Gasteiger partial charge >= 0.3 is 0 Å². The number of para-hydroxylation sites is 1. The molecule has 0 bridgehead atoms. The fourth-order valence-corrected chi connectivity index (χ4v) is 3.41. The Balaban J connectivity index is 1.65. The minimum atomic E-state index is -0.382. The molecule has 1 N–H and O–H groups in total. The summed E-state index contributed by atoms with van der Waals surface area (Å²) in [5.74, 6) is 1.56. The monoisotopic (exact) mass is 351 g/mol. The summed E-state index contributed by atoms with van der Waals surface area (Å²) < 4.78 is 17.1. The standard InChI is InChI=1S/C21H21NO4/c1-21(2)12-16(15-11-14(24-3)8-9-18(15)26-21)22-20(23)19-10-13-6-4-5-7-17(13)25-19/h4-11,16H,12H2,1-3H3,(H,22,23)/t16-/m1/s1. The van der Waals surface area contributed by atoms with Crippen molar-refractivity contribution in [3.8, 4) is 11.5 Å². The first-order valence-corrected chi connectivity index (χ1v) is 8.61. The second-order valence-corrected chi connectivity index (χ2v) is 7.14. The average molecular weight is 351 g/mol. The maximum absolute atomic E-state index is 12.8. The number of amides is 1. The van der Waals surface area contributed by atoms with Crippen molar-refractivity contribution in [2.75, 3.05) is 7.11 Å². The Kier molecular flexibility index (Phi) is 3.87. The van der Waals surface area contributed by atoms with Gasteiger partial charge in [0.1, 0.15) is 22.7 Å². The number of hydrogen-bond acceptors (Lipinski definition) is 4. The lowest BCUT2D eigenvalue weighted by molar-refractivity contribution is 0.0610. The van der Waals surface area contributed by atoms with E-state index in [4.69, 9.17) is 13.9 Å². The third-order valence-corrected chi connectivity index (χ3v) is 4.63. The molecule has 134 valence electrons. The number of carbonyl (C=O) groups excluding carboxylic acids is 1. The fraction of sp³-hybridized carbons (Fsp3) is 0.286. The first-order valence-electron chi connectivity index (χ1n) is 8.61. The summed E-state index contributed by atoms with van der Waals surface area (Å²) in [5.41, 5.74) is 1.23. The van der Waals surface area contributed by atoms with Crippen LogP contribution in [0.15, 0.2) is 52.9 Å². The molecule has 1 aliphatic heterocycles. The Labute approximate surface area is 151 Å². The molecule has 1 atom stereocenters. The first kappa shape index (κ1) is 16.5. The number of benzene rings is 2. The molecule has 0 saturated carbocycles. The van der Waals surface area contributed by atoms with E-state index in [-0.39, 0.29) is 17.6 Å². The maximum atomic E-state index is 12.8. The Hall–Kier alpha value is -2.95. The Bertz CT molecular complexity index is 940. The van der Waals surface area contributed by atoms with Crippen molar-refractivity contribution in [3.05, 3.63) is 59.9 Å². The SMILES string of the molecule is COc1ccc2c(c1)[C@H](NC(=O)c1cc3ccccc3o1)CC(C)(C)O2. The zero-order chi connectivity index (χ0) is 18.3. The molecule has 0 spiro atoms. The molecular weight excluding hydrogens is 330 g/mol. The molecule has 1 aromatic heterocycles. The van der Waals surface area contributed by atoms with E-state index in [9.17, 15) is 4.79 Å². The van der Waals surface area contributed by atoms with Crippen LogP contribution in [0.4, 0.5) is 0 Å². The van der Waals surface area contributed by atoms with Crippen molar-refractivity contribution in [1.29, 1.82) is 0 Å². The predicted octanol–water partition coefficient (Wildman–Crippen LogP) is 4.47. The lowest BCUT2D eigenvalue weighted by atomic mass is 9.89. The molecule has 2 aromatic carbocycles. The van der Waals surface area contributed by atoms with Gasteiger partial charge < -0.3 is 19.2 Å². The number of methoxy groups -OCH3 is 1. The summed E-state index contributed by atoms with van der Waals surface area (Å²) in [4.78, 5) is 12.8. The number of rotatable bonds is 3. The van der Waals surface area contributed by atoms with Crippen LogP contribution in [0.1, 0.15) is 42.4 Å². The van der Waals surface area contributed by atoms with E-state index >= 15 is 0 Å². The van der Waals surface area contributed by atoms with E-state index in [1.165, 1.54) is 0 Å². The van der Waals surface area contributed by atoms with Gasteiger partial charge in [-0.2, -0.15) is 0 Å². The van der Waals surface area contributed by atoms with Gasteiger partial charge in [-0.15, -0.1) is 0 Å². The number of ether oxygens (including phenoxy) is 2. The molecule has 0 fully saturated rings. The molecule has 2 heterocycles. The van der Waals surface area contributed by atoms with E-state index < -0.39 is 0 Å². The predicted molar refractivity (Wildman–Crippen MR) is 98.7 cm³/mol. The molecule has 0 saturated heterocycles. The molecule has 0 unspecified atom stereocenters. The third-order valence-electron chi connectivity index (χ3n) is 4.63. The molecule has 1 amide bonds. The van der Waals surface area contributed by atoms with Gasteiger partial charge in [-0.3, -0.25) is 4.79 Å². The van der Waals surface area contributed by atoms with Crippen LogP contribution in [-0.2, 0) is 0 Å². The van der Waals surface area contributed by atoms with Gasteiger partial charge in [-0.05, 0) is 44.2 Å². The van der Waals surface area contributed by atoms with Crippen LogP contribution in [-0.4, -0.2) is 18.6 Å². The number of carbonyl (C=O) groups is 1. The van der Waals surface area contributed by atoms with Crippen LogP contribution in [0, 0.1) is 0 Å². The summed E-state index contributed by atoms with van der Waals surface area (Å²) in [7, 11) is 1.62. The summed E-state index contributed by atoms with van der Waals surface area (Å²) >= 11 is 0. The van der Waals surface area contributed by atoms with E-state index in [0.29, 0.717) is 17.8 Å². The summed E-state index contributed by atoms with van der Waals surface area (Å²) in [6, 6.07) is 14.8. The molecule has 4 rings (SSSR count). The van der Waals surface area contributed by atoms with Crippen LogP contribution >= 0.6 is 0 Å². The van der Waals surface area contributed by atoms with Crippen molar-refractivity contribution in [2.24, 2.45) is 0 Å². The van der Waals surface area contributed by atoms with Crippen molar-refractivity contribution in [1.82, 2.24) is 5.32 Å². The smallest absolute Gasteiger partial charge is 0.287 e. The van der Waals surface area contributed by atoms with Crippen LogP contribution in [0.3, 0.4) is 0 Å². The fourth-order valence-electron chi connectivity index (χ4n) is 3.41. The Morgan fingerprint density at radius 3 is 2.77 bits per heavy atom. The van der Waals surface area contributed by atoms with Gasteiger partial charge in [0, 0.05) is 17.4 Å². The second kappa shape index (κ2) is 6.09. The molecule has 0 radical (unpaired) electrons. The molecule has 26 heavy (non-hydrogen) atoms. The number of nitrogens with one attached hydrogen (secondary N) is 1. The molecule has 1 aliphatic rings. The van der Waals surface area contributed by atoms with Gasteiger partial charge in [0.25, 0.3) is 5.91 Å². The minimum Gasteiger partial charge on any atom is -0.497 e. The topological polar surface area (TPSA) is 60.7 Å². The number of hydrogen-bond donors (Lipinski definition) is 1. The number of fused-ring (bicyclic) bond motifs is 2. The summed E-state index contributed by atoms with van der Waals surface area (Å²) in [5, 5.41) is 4.00. The van der Waals surface area contributed by atoms with Crippen molar-refractivity contribution in [3.63, 3.8) is 0 Å². The van der Waals surface area contributed by atoms with Gasteiger partial charge in [0.15, 0.2) is 5.76 Å². The van der Waals surface area contributed by atoms with E-state index in [1.807, 2.05) is 56.3 Å². The quantitative estimate of drug-likeness (QED) is 0.756. The molecular formula is C21H21NO4. The van der Waals surface area contributed by atoms with Crippen LogP contribution in [0.2, 0.25) is 0 Å². The lowest BCUT2D eigenvalue weighted by Gasteiger charge is -2.37. The normalized spacial score (nSPS) is 18.0. The lowest BCUT2D eigenvalue weighted by Crippen LogP contribution is -2.41. The van der Waals surface area contributed by atoms with Gasteiger partial charge in [0.2, 0.25) is 0 Å². The third kappa shape index (κ3) is 3.01. The highest BCUT2D eigenvalue weighted by atomic mass is 16.5. The molecule has 0 aliphatic carbocycles. The van der Waals surface area contributed by atoms with Crippen molar-refractivity contribution >= 4 is 16.9 Å². The van der Waals surface area contributed by atoms with E-state index in [1.54, 1.807) is 13.2 Å². The van der Waals surface area contributed by atoms with Crippen LogP contribution in [0.5, 0.6) is 11.5 Å². The van der Waals surface area contributed by atoms with Crippen LogP contribution in [0.25, 0.3) is 11.0 Å². The van der Waals surface area contributed by atoms with E-state index in [0.717, 1.165) is 22.4 Å². The van der Waals surface area contributed by atoms with Crippen molar-refractivity contribution in [2.45, 2.75) is 31.9 Å². The number of furan rings is 1. The van der Waals surface area contributed by atoms with E-state index in [2.05, 4.69) is 5.32 Å². The second-order valence-electron chi connectivity index (χ2n) is 7.14. The molecule has 5 heteroatoms. The Morgan fingerprint density at radius 2 is 2.00 bits per heavy atom. The van der Waals surface area contributed by atoms with Gasteiger partial charge in [-0.25, -0.2) is 0 Å². The average Bonchev–Trinajstić information content (AvgIpc) is 3.05. The van der Waals surface area contributed by atoms with Crippen molar-refractivity contribution < 1.29 is 18.7 Å². The zero-order valence-corrected chi connectivity index (χ0v) is 15.0. The highest BCUT2D eigenvalue weighted by Crippen LogP contribution is 2.41. The zero-order valence-electron chi connectivity index (χ0n) is 15.0. The Morgan fingerprint density at radius 1 is 1.19 bits per heavy atom. The van der Waals surface area contributed by atoms with Crippen LogP contribution < -0.4 is 14.8 Å². The highest BCUT2D eigenvalue weighted by molar-refractivity contribution is 5.96. The molecule has 3 aromatic rings. The highest BCUT2D eigenvalue weighted by Gasteiger charge is 2.35. The first-order chi connectivity index (χ1) is 12.4. The largest absolute Gasteiger partial charge is 0.497 e. The van der Waals surface area contributed by atoms with Gasteiger partial charge in [0.05, 0.1) is 13.2 Å². The minimum absolute atomic E-state index is 0.190. The summed E-state index contributed by atoms with van der Waals surface area (Å²) in [6.45, 7) is 4.03. The van der Waals surface area contributed by atoms with Gasteiger partial charge in [-0.1, -0.05) is 18.2 Å². The summed E-state index contributed by atoms with van der Waals surface area (Å²) in [6.07, 6.45) is 0.652.